The quantitative estimate of drug-likeness (QED) is 0.238. The van der Waals surface area contributed by atoms with Gasteiger partial charge in [0.1, 0.15) is 34.0 Å². The van der Waals surface area contributed by atoms with Crippen molar-refractivity contribution in [2.45, 2.75) is 19.7 Å². The Morgan fingerprint density at radius 1 is 1.03 bits per heavy atom. The van der Waals surface area contributed by atoms with E-state index in [1.54, 1.807) is 31.2 Å². The average Bonchev–Trinajstić information content (AvgIpc) is 3.45. The minimum atomic E-state index is -4.57. The summed E-state index contributed by atoms with van der Waals surface area (Å²) < 4.78 is 74.7. The van der Waals surface area contributed by atoms with Crippen molar-refractivity contribution in [3.8, 4) is 17.1 Å². The Kier molecular flexibility index (Phi) is 5.30. The van der Waals surface area contributed by atoms with Crippen LogP contribution in [0.15, 0.2) is 54.9 Å². The summed E-state index contributed by atoms with van der Waals surface area (Å²) in [6.45, 7) is 1.56. The van der Waals surface area contributed by atoms with Gasteiger partial charge >= 0.3 is 6.18 Å². The van der Waals surface area contributed by atoms with E-state index in [9.17, 15) is 22.0 Å². The number of ether oxygens (including phenoxy) is 1. The summed E-state index contributed by atoms with van der Waals surface area (Å²) >= 11 is 1.06. The number of hydrogen-bond donors (Lipinski definition) is 0. The van der Waals surface area contributed by atoms with E-state index in [2.05, 4.69) is 20.1 Å². The predicted octanol–water partition coefficient (Wildman–Crippen LogP) is 6.74. The molecule has 4 heterocycles. The molecule has 0 unspecified atom stereocenters. The molecule has 2 aromatic carbocycles. The van der Waals surface area contributed by atoms with E-state index >= 15 is 0 Å². The van der Waals surface area contributed by atoms with Crippen LogP contribution in [0.25, 0.3) is 37.5 Å². The number of pyridine rings is 1. The summed E-state index contributed by atoms with van der Waals surface area (Å²) in [6, 6.07) is 11.1. The highest BCUT2D eigenvalue weighted by Gasteiger charge is 2.33. The molecule has 186 valence electrons. The van der Waals surface area contributed by atoms with Gasteiger partial charge in [-0.2, -0.15) is 13.2 Å². The summed E-state index contributed by atoms with van der Waals surface area (Å²) in [5.74, 6) is -1.30. The molecule has 0 saturated heterocycles. The first-order valence-electron chi connectivity index (χ1n) is 10.9. The number of fused-ring (bicyclic) bond motifs is 5. The number of nitrogens with zero attached hydrogens (tertiary/aromatic N) is 5. The first kappa shape index (κ1) is 23.2. The van der Waals surface area contributed by atoms with E-state index in [1.165, 1.54) is 16.9 Å². The molecule has 6 aromatic rings. The molecule has 0 atom stereocenters. The molecule has 0 aliphatic heterocycles. The van der Waals surface area contributed by atoms with Crippen LogP contribution in [0, 0.1) is 18.6 Å². The third-order valence-electron chi connectivity index (χ3n) is 5.79. The Bertz CT molecular complexity index is 1830. The number of halogens is 5. The molecule has 0 radical (unpaired) electrons. The molecular formula is C25H14F5N5OS. The van der Waals surface area contributed by atoms with Crippen molar-refractivity contribution in [2.24, 2.45) is 0 Å². The highest BCUT2D eigenvalue weighted by atomic mass is 32.1. The number of aromatic nitrogens is 5. The lowest BCUT2D eigenvalue weighted by molar-refractivity contribution is -0.141. The fourth-order valence-corrected chi connectivity index (χ4v) is 5.26. The Balaban J connectivity index is 1.43. The number of benzene rings is 2. The largest absolute Gasteiger partial charge is 0.486 e. The van der Waals surface area contributed by atoms with Gasteiger partial charge in [-0.15, -0.1) is 16.4 Å². The molecule has 6 rings (SSSR count). The van der Waals surface area contributed by atoms with Crippen molar-refractivity contribution in [3.05, 3.63) is 83.3 Å². The van der Waals surface area contributed by atoms with Crippen molar-refractivity contribution in [3.63, 3.8) is 0 Å². The number of alkyl halides is 3. The summed E-state index contributed by atoms with van der Waals surface area (Å²) in [5, 5.41) is 5.03. The number of rotatable bonds is 4. The summed E-state index contributed by atoms with van der Waals surface area (Å²) in [6.07, 6.45) is -3.12. The second-order valence-electron chi connectivity index (χ2n) is 8.25. The molecule has 0 N–H and O–H groups in total. The average molecular weight is 527 g/mol. The lowest BCUT2D eigenvalue weighted by Gasteiger charge is -2.10. The van der Waals surface area contributed by atoms with Crippen LogP contribution < -0.4 is 4.74 Å². The Morgan fingerprint density at radius 2 is 1.84 bits per heavy atom. The van der Waals surface area contributed by atoms with Crippen LogP contribution in [0.4, 0.5) is 22.0 Å². The van der Waals surface area contributed by atoms with Gasteiger partial charge in [-0.05, 0) is 30.7 Å². The normalized spacial score (nSPS) is 12.2. The Labute approximate surface area is 209 Å². The van der Waals surface area contributed by atoms with Crippen molar-refractivity contribution < 1.29 is 26.7 Å². The fourth-order valence-electron chi connectivity index (χ4n) is 4.08. The van der Waals surface area contributed by atoms with Gasteiger partial charge in [-0.25, -0.2) is 28.2 Å². The molecule has 0 spiro atoms. The maximum Gasteiger partial charge on any atom is 0.433 e. The van der Waals surface area contributed by atoms with E-state index < -0.39 is 23.5 Å². The van der Waals surface area contributed by atoms with Crippen molar-refractivity contribution in [1.82, 2.24) is 24.6 Å². The smallest absolute Gasteiger partial charge is 0.433 e. The van der Waals surface area contributed by atoms with Gasteiger partial charge in [0.25, 0.3) is 0 Å². The number of hydrogen-bond acceptors (Lipinski definition) is 6. The van der Waals surface area contributed by atoms with Crippen LogP contribution in [0.3, 0.4) is 0 Å². The van der Waals surface area contributed by atoms with Crippen LogP contribution in [0.2, 0.25) is 0 Å². The zero-order valence-corrected chi connectivity index (χ0v) is 19.7. The number of thiophene rings is 1. The molecule has 0 fully saturated rings. The third-order valence-corrected chi connectivity index (χ3v) is 6.86. The second-order valence-corrected chi connectivity index (χ2v) is 9.25. The van der Waals surface area contributed by atoms with Gasteiger partial charge in [0.15, 0.2) is 23.0 Å². The highest BCUT2D eigenvalue weighted by molar-refractivity contribution is 7.26. The van der Waals surface area contributed by atoms with E-state index in [0.717, 1.165) is 29.5 Å². The summed E-state index contributed by atoms with van der Waals surface area (Å²) in [4.78, 5) is 13.1. The molecular weight excluding hydrogens is 513 g/mol. The fraction of sp³-hybridized carbons (Fsp3) is 0.120. The summed E-state index contributed by atoms with van der Waals surface area (Å²) in [5.41, 5.74) is 1.61. The van der Waals surface area contributed by atoms with E-state index in [-0.39, 0.29) is 17.2 Å². The van der Waals surface area contributed by atoms with Crippen LogP contribution in [0.5, 0.6) is 5.75 Å². The van der Waals surface area contributed by atoms with Gasteiger partial charge in [0.05, 0.1) is 5.52 Å². The van der Waals surface area contributed by atoms with Crippen LogP contribution in [-0.2, 0) is 12.8 Å². The molecule has 0 amide bonds. The first-order chi connectivity index (χ1) is 17.7. The van der Waals surface area contributed by atoms with Crippen molar-refractivity contribution in [2.75, 3.05) is 0 Å². The maximum absolute atomic E-state index is 14.0. The number of aryl methyl sites for hydroxylation is 1. The monoisotopic (exact) mass is 527 g/mol. The molecule has 0 aliphatic rings. The van der Waals surface area contributed by atoms with Gasteiger partial charge in [-0.1, -0.05) is 24.3 Å². The predicted molar refractivity (Wildman–Crippen MR) is 127 cm³/mol. The molecule has 6 nitrogen and oxygen atoms in total. The van der Waals surface area contributed by atoms with Gasteiger partial charge in [0.2, 0.25) is 0 Å². The second kappa shape index (κ2) is 8.44. The molecule has 37 heavy (non-hydrogen) atoms. The highest BCUT2D eigenvalue weighted by Crippen LogP contribution is 2.39. The lowest BCUT2D eigenvalue weighted by Crippen LogP contribution is -2.07. The van der Waals surface area contributed by atoms with E-state index in [1.807, 2.05) is 0 Å². The third kappa shape index (κ3) is 4.02. The molecule has 0 bridgehead atoms. The Morgan fingerprint density at radius 3 is 2.62 bits per heavy atom. The van der Waals surface area contributed by atoms with Crippen LogP contribution >= 0.6 is 11.3 Å². The topological polar surface area (TPSA) is 65.2 Å². The van der Waals surface area contributed by atoms with E-state index in [4.69, 9.17) is 4.74 Å². The van der Waals surface area contributed by atoms with Crippen LogP contribution in [0.1, 0.15) is 16.8 Å². The minimum Gasteiger partial charge on any atom is -0.486 e. The molecule has 4 aromatic heterocycles. The lowest BCUT2D eigenvalue weighted by atomic mass is 10.1. The van der Waals surface area contributed by atoms with Crippen molar-refractivity contribution in [1.29, 1.82) is 0 Å². The summed E-state index contributed by atoms with van der Waals surface area (Å²) in [7, 11) is 0. The standard InChI is InChI=1S/C25H14F5N5OS/c1-12-8-18(25(28,29)30)32-24-19(12)20-21(37-24)23-33-22(34-35(23)11-31-20)15-5-3-2-4-13(15)10-36-17-7-6-14(26)9-16(17)27/h2-9,11H,10H2,1H3. The van der Waals surface area contributed by atoms with E-state index in [0.29, 0.717) is 43.8 Å². The molecule has 0 aliphatic carbocycles. The molecule has 0 saturated carbocycles. The van der Waals surface area contributed by atoms with Gasteiger partial charge in [-0.3, -0.25) is 0 Å². The Hall–Kier alpha value is -4.19. The zero-order valence-electron chi connectivity index (χ0n) is 18.8. The van der Waals surface area contributed by atoms with Gasteiger partial charge in [0, 0.05) is 22.6 Å². The maximum atomic E-state index is 14.0. The molecule has 12 heteroatoms. The first-order valence-corrected chi connectivity index (χ1v) is 11.7. The van der Waals surface area contributed by atoms with Crippen molar-refractivity contribution >= 4 is 37.4 Å². The zero-order chi connectivity index (χ0) is 25.9. The van der Waals surface area contributed by atoms with Gasteiger partial charge < -0.3 is 4.74 Å². The van der Waals surface area contributed by atoms with Crippen LogP contribution in [-0.4, -0.2) is 24.6 Å². The minimum absolute atomic E-state index is 0.0336. The SMILES string of the molecule is Cc1cc(C(F)(F)F)nc2sc3c(ncn4nc(-c5ccccc5COc5ccc(F)cc5F)nc34)c12.